The SMILES string of the molecule is CC(C)c1ccc([C@@H](NC(=O)c2cnc(Cl)c(Cl)c2)C(C)C)cc1. The summed E-state index contributed by atoms with van der Waals surface area (Å²) in [5, 5.41) is 3.53. The topological polar surface area (TPSA) is 42.0 Å². The highest BCUT2D eigenvalue weighted by Gasteiger charge is 2.20. The first-order valence-electron chi connectivity index (χ1n) is 8.01. The summed E-state index contributed by atoms with van der Waals surface area (Å²) in [5.74, 6) is 0.510. The van der Waals surface area contributed by atoms with E-state index in [2.05, 4.69) is 62.3 Å². The fraction of sp³-hybridized carbons (Fsp3) is 0.368. The van der Waals surface area contributed by atoms with Gasteiger partial charge in [0.15, 0.2) is 0 Å². The number of pyridine rings is 1. The molecular formula is C19H22Cl2N2O. The van der Waals surface area contributed by atoms with Crippen molar-refractivity contribution in [3.8, 4) is 0 Å². The lowest BCUT2D eigenvalue weighted by Gasteiger charge is -2.23. The van der Waals surface area contributed by atoms with Crippen LogP contribution < -0.4 is 5.32 Å². The van der Waals surface area contributed by atoms with Crippen molar-refractivity contribution in [2.24, 2.45) is 5.92 Å². The van der Waals surface area contributed by atoms with Gasteiger partial charge in [0.1, 0.15) is 5.15 Å². The molecule has 2 aromatic rings. The molecule has 1 amide bonds. The monoisotopic (exact) mass is 364 g/mol. The van der Waals surface area contributed by atoms with Gasteiger partial charge in [-0.1, -0.05) is 75.2 Å². The smallest absolute Gasteiger partial charge is 0.253 e. The van der Waals surface area contributed by atoms with Crippen molar-refractivity contribution in [1.82, 2.24) is 10.3 Å². The Kier molecular flexibility index (Phi) is 6.25. The molecule has 0 spiro atoms. The number of hydrogen-bond donors (Lipinski definition) is 1. The largest absolute Gasteiger partial charge is 0.345 e. The van der Waals surface area contributed by atoms with E-state index in [4.69, 9.17) is 23.2 Å². The minimum Gasteiger partial charge on any atom is -0.345 e. The highest BCUT2D eigenvalue weighted by molar-refractivity contribution is 6.41. The zero-order chi connectivity index (χ0) is 17.9. The van der Waals surface area contributed by atoms with Crippen LogP contribution in [-0.2, 0) is 0 Å². The van der Waals surface area contributed by atoms with Crippen molar-refractivity contribution in [2.75, 3.05) is 0 Å². The molecule has 3 nitrogen and oxygen atoms in total. The molecule has 0 aliphatic rings. The number of rotatable bonds is 5. The third-order valence-electron chi connectivity index (χ3n) is 3.97. The van der Waals surface area contributed by atoms with Gasteiger partial charge >= 0.3 is 0 Å². The molecule has 1 aromatic heterocycles. The predicted molar refractivity (Wildman–Crippen MR) is 99.8 cm³/mol. The fourth-order valence-electron chi connectivity index (χ4n) is 2.49. The molecule has 128 valence electrons. The van der Waals surface area contributed by atoms with E-state index in [-0.39, 0.29) is 28.0 Å². The molecule has 0 aliphatic heterocycles. The molecule has 1 heterocycles. The zero-order valence-corrected chi connectivity index (χ0v) is 15.8. The van der Waals surface area contributed by atoms with E-state index in [0.717, 1.165) is 5.56 Å². The summed E-state index contributed by atoms with van der Waals surface area (Å²) >= 11 is 11.7. The van der Waals surface area contributed by atoms with Crippen molar-refractivity contribution < 1.29 is 4.79 Å². The van der Waals surface area contributed by atoms with Crippen molar-refractivity contribution in [1.29, 1.82) is 0 Å². The second-order valence-electron chi connectivity index (χ2n) is 6.51. The normalized spacial score (nSPS) is 12.5. The molecule has 1 aromatic carbocycles. The predicted octanol–water partition coefficient (Wildman–Crippen LogP) is 5.64. The Labute approximate surface area is 153 Å². The number of carbonyl (C=O) groups is 1. The molecule has 2 rings (SSSR count). The van der Waals surface area contributed by atoms with Crippen LogP contribution in [0.3, 0.4) is 0 Å². The molecule has 0 saturated heterocycles. The number of amides is 1. The lowest BCUT2D eigenvalue weighted by atomic mass is 9.93. The Morgan fingerprint density at radius 2 is 1.62 bits per heavy atom. The van der Waals surface area contributed by atoms with Gasteiger partial charge in [-0.3, -0.25) is 4.79 Å². The Balaban J connectivity index is 2.21. The summed E-state index contributed by atoms with van der Waals surface area (Å²) < 4.78 is 0. The van der Waals surface area contributed by atoms with Crippen LogP contribution in [0, 0.1) is 5.92 Å². The Hall–Kier alpha value is -1.58. The first-order chi connectivity index (χ1) is 11.3. The van der Waals surface area contributed by atoms with Crippen LogP contribution in [0.1, 0.15) is 61.1 Å². The van der Waals surface area contributed by atoms with E-state index < -0.39 is 0 Å². The molecule has 0 saturated carbocycles. The van der Waals surface area contributed by atoms with E-state index in [9.17, 15) is 4.79 Å². The van der Waals surface area contributed by atoms with Crippen LogP contribution >= 0.6 is 23.2 Å². The van der Waals surface area contributed by atoms with Gasteiger partial charge in [0.25, 0.3) is 5.91 Å². The second kappa shape index (κ2) is 8.00. The molecule has 5 heteroatoms. The summed E-state index contributed by atoms with van der Waals surface area (Å²) in [7, 11) is 0. The number of nitrogens with zero attached hydrogens (tertiary/aromatic N) is 1. The number of carbonyl (C=O) groups excluding carboxylic acids is 1. The standard InChI is InChI=1S/C19H22Cl2N2O/c1-11(2)13-5-7-14(8-6-13)17(12(3)4)23-19(24)15-9-16(20)18(21)22-10-15/h5-12,17H,1-4H3,(H,23,24)/t17-/m0/s1. The van der Waals surface area contributed by atoms with Gasteiger partial charge in [0.2, 0.25) is 0 Å². The zero-order valence-electron chi connectivity index (χ0n) is 14.3. The molecule has 0 fully saturated rings. The number of aromatic nitrogens is 1. The maximum atomic E-state index is 12.5. The summed E-state index contributed by atoms with van der Waals surface area (Å²) in [6.07, 6.45) is 1.43. The Morgan fingerprint density at radius 1 is 1.04 bits per heavy atom. The van der Waals surface area contributed by atoms with E-state index in [0.29, 0.717) is 11.5 Å². The Morgan fingerprint density at radius 3 is 2.12 bits per heavy atom. The lowest BCUT2D eigenvalue weighted by molar-refractivity contribution is 0.0925. The van der Waals surface area contributed by atoms with Gasteiger partial charge in [-0.25, -0.2) is 4.98 Å². The first-order valence-corrected chi connectivity index (χ1v) is 8.77. The van der Waals surface area contributed by atoms with Gasteiger partial charge in [-0.05, 0) is 29.0 Å². The minimum absolute atomic E-state index is 0.0897. The molecular weight excluding hydrogens is 343 g/mol. The number of halogens is 2. The van der Waals surface area contributed by atoms with E-state index in [1.54, 1.807) is 0 Å². The van der Waals surface area contributed by atoms with Crippen LogP contribution in [0.25, 0.3) is 0 Å². The molecule has 0 aliphatic carbocycles. The van der Waals surface area contributed by atoms with Crippen LogP contribution in [-0.4, -0.2) is 10.9 Å². The van der Waals surface area contributed by atoms with Crippen LogP contribution in [0.2, 0.25) is 10.2 Å². The van der Waals surface area contributed by atoms with Crippen molar-refractivity contribution in [2.45, 2.75) is 39.7 Å². The molecule has 0 unspecified atom stereocenters. The third kappa shape index (κ3) is 4.49. The number of hydrogen-bond acceptors (Lipinski definition) is 2. The van der Waals surface area contributed by atoms with Crippen LogP contribution in [0.4, 0.5) is 0 Å². The van der Waals surface area contributed by atoms with E-state index in [1.165, 1.54) is 17.8 Å². The molecule has 0 radical (unpaired) electrons. The molecule has 1 atom stereocenters. The first kappa shape index (κ1) is 18.8. The average Bonchev–Trinajstić information content (AvgIpc) is 2.54. The highest BCUT2D eigenvalue weighted by atomic mass is 35.5. The average molecular weight is 365 g/mol. The molecule has 24 heavy (non-hydrogen) atoms. The summed E-state index contributed by atoms with van der Waals surface area (Å²) in [5.41, 5.74) is 2.76. The minimum atomic E-state index is -0.215. The maximum absolute atomic E-state index is 12.5. The van der Waals surface area contributed by atoms with Crippen molar-refractivity contribution >= 4 is 29.1 Å². The maximum Gasteiger partial charge on any atom is 0.253 e. The third-order valence-corrected chi connectivity index (χ3v) is 4.66. The summed E-state index contributed by atoms with van der Waals surface area (Å²) in [4.78, 5) is 16.4. The summed E-state index contributed by atoms with van der Waals surface area (Å²) in [6.45, 7) is 8.48. The van der Waals surface area contributed by atoms with Gasteiger partial charge in [0, 0.05) is 6.20 Å². The number of benzene rings is 1. The van der Waals surface area contributed by atoms with Gasteiger partial charge in [-0.15, -0.1) is 0 Å². The Bertz CT molecular complexity index is 712. The highest BCUT2D eigenvalue weighted by Crippen LogP contribution is 2.25. The number of nitrogens with one attached hydrogen (secondary N) is 1. The van der Waals surface area contributed by atoms with Crippen molar-refractivity contribution in [3.05, 3.63) is 63.4 Å². The van der Waals surface area contributed by atoms with E-state index >= 15 is 0 Å². The van der Waals surface area contributed by atoms with Crippen molar-refractivity contribution in [3.63, 3.8) is 0 Å². The second-order valence-corrected chi connectivity index (χ2v) is 7.28. The molecule has 1 N–H and O–H groups in total. The van der Waals surface area contributed by atoms with Crippen LogP contribution in [0.15, 0.2) is 36.5 Å². The fourth-order valence-corrected chi connectivity index (χ4v) is 2.76. The quantitative estimate of drug-likeness (QED) is 0.697. The summed E-state index contributed by atoms with van der Waals surface area (Å²) in [6, 6.07) is 9.82. The van der Waals surface area contributed by atoms with Gasteiger partial charge in [0.05, 0.1) is 16.6 Å². The van der Waals surface area contributed by atoms with Crippen LogP contribution in [0.5, 0.6) is 0 Å². The van der Waals surface area contributed by atoms with Gasteiger partial charge in [-0.2, -0.15) is 0 Å². The van der Waals surface area contributed by atoms with Gasteiger partial charge < -0.3 is 5.32 Å². The van der Waals surface area contributed by atoms with E-state index in [1.807, 2.05) is 0 Å². The molecule has 0 bridgehead atoms. The lowest BCUT2D eigenvalue weighted by Crippen LogP contribution is -2.31.